The lowest BCUT2D eigenvalue weighted by molar-refractivity contribution is -0.127. The highest BCUT2D eigenvalue weighted by molar-refractivity contribution is 7.11. The lowest BCUT2D eigenvalue weighted by Gasteiger charge is -2.36. The van der Waals surface area contributed by atoms with Crippen LogP contribution in [0.25, 0.3) is 0 Å². The van der Waals surface area contributed by atoms with Gasteiger partial charge >= 0.3 is 0 Å². The van der Waals surface area contributed by atoms with Crippen molar-refractivity contribution in [2.45, 2.75) is 71.4 Å². The van der Waals surface area contributed by atoms with E-state index in [4.69, 9.17) is 0 Å². The van der Waals surface area contributed by atoms with Crippen molar-refractivity contribution in [1.82, 2.24) is 15.2 Å². The molecule has 2 aliphatic rings. The molecule has 1 aromatic heterocycles. The fourth-order valence-electron chi connectivity index (χ4n) is 4.06. The number of aryl methyl sites for hydroxylation is 2. The van der Waals surface area contributed by atoms with Crippen LogP contribution in [0.4, 0.5) is 0 Å². The van der Waals surface area contributed by atoms with Gasteiger partial charge in [-0.25, -0.2) is 4.98 Å². The predicted octanol–water partition coefficient (Wildman–Crippen LogP) is 3.28. The molecule has 1 saturated carbocycles. The SMILES string of the molecule is CCc1nc(C)sc1CNC(=O)C1CCCN(C2CCCC2)C1. The van der Waals surface area contributed by atoms with Gasteiger partial charge in [0, 0.05) is 17.5 Å². The predicted molar refractivity (Wildman–Crippen MR) is 94.6 cm³/mol. The molecule has 1 N–H and O–H groups in total. The highest BCUT2D eigenvalue weighted by Crippen LogP contribution is 2.28. The number of carbonyl (C=O) groups excluding carboxylic acids is 1. The van der Waals surface area contributed by atoms with Crippen LogP contribution in [0.5, 0.6) is 0 Å². The van der Waals surface area contributed by atoms with Crippen molar-refractivity contribution >= 4 is 17.2 Å². The molecule has 128 valence electrons. The summed E-state index contributed by atoms with van der Waals surface area (Å²) in [7, 11) is 0. The summed E-state index contributed by atoms with van der Waals surface area (Å²) in [4.78, 5) is 20.9. The number of likely N-dealkylation sites (tertiary alicyclic amines) is 1. The summed E-state index contributed by atoms with van der Waals surface area (Å²) in [6.07, 6.45) is 8.52. The van der Waals surface area contributed by atoms with E-state index < -0.39 is 0 Å². The molecule has 1 aliphatic heterocycles. The second kappa shape index (κ2) is 7.75. The van der Waals surface area contributed by atoms with E-state index >= 15 is 0 Å². The molecule has 1 saturated heterocycles. The van der Waals surface area contributed by atoms with Crippen LogP contribution in [0.1, 0.15) is 61.0 Å². The van der Waals surface area contributed by atoms with Crippen molar-refractivity contribution in [3.63, 3.8) is 0 Å². The van der Waals surface area contributed by atoms with Crippen molar-refractivity contribution in [3.05, 3.63) is 15.6 Å². The Kier molecular flexibility index (Phi) is 5.70. The summed E-state index contributed by atoms with van der Waals surface area (Å²) in [6, 6.07) is 0.737. The Morgan fingerprint density at radius 2 is 2.09 bits per heavy atom. The maximum atomic E-state index is 12.6. The molecule has 2 heterocycles. The van der Waals surface area contributed by atoms with E-state index in [1.165, 1.54) is 37.1 Å². The van der Waals surface area contributed by atoms with E-state index in [9.17, 15) is 4.79 Å². The minimum Gasteiger partial charge on any atom is -0.351 e. The quantitative estimate of drug-likeness (QED) is 0.898. The van der Waals surface area contributed by atoms with Crippen LogP contribution in [0, 0.1) is 12.8 Å². The van der Waals surface area contributed by atoms with Gasteiger partial charge in [-0.15, -0.1) is 11.3 Å². The van der Waals surface area contributed by atoms with Gasteiger partial charge < -0.3 is 5.32 Å². The van der Waals surface area contributed by atoms with Gasteiger partial charge in [0.15, 0.2) is 0 Å². The summed E-state index contributed by atoms with van der Waals surface area (Å²) in [5.74, 6) is 0.407. The molecule has 0 aromatic carbocycles. The number of piperidine rings is 1. The first-order valence-electron chi connectivity index (χ1n) is 9.14. The molecule has 0 spiro atoms. The number of aromatic nitrogens is 1. The molecule has 23 heavy (non-hydrogen) atoms. The second-order valence-corrected chi connectivity index (χ2v) is 8.23. The number of hydrogen-bond donors (Lipinski definition) is 1. The standard InChI is InChI=1S/C18H29N3OS/c1-3-16-17(23-13(2)20-16)11-19-18(22)14-7-6-10-21(12-14)15-8-4-5-9-15/h14-15H,3-12H2,1-2H3,(H,19,22). The van der Waals surface area contributed by atoms with Crippen molar-refractivity contribution in [1.29, 1.82) is 0 Å². The number of hydrogen-bond acceptors (Lipinski definition) is 4. The molecule has 1 aromatic rings. The highest BCUT2D eigenvalue weighted by Gasteiger charge is 2.31. The first-order chi connectivity index (χ1) is 11.2. The minimum atomic E-state index is 0.170. The van der Waals surface area contributed by atoms with Gasteiger partial charge in [-0.05, 0) is 45.6 Å². The van der Waals surface area contributed by atoms with E-state index in [0.717, 1.165) is 42.6 Å². The van der Waals surface area contributed by atoms with Crippen molar-refractivity contribution in [2.75, 3.05) is 13.1 Å². The summed E-state index contributed by atoms with van der Waals surface area (Å²) in [5, 5.41) is 4.27. The molecular weight excluding hydrogens is 306 g/mol. The smallest absolute Gasteiger partial charge is 0.224 e. The molecule has 1 atom stereocenters. The van der Waals surface area contributed by atoms with Gasteiger partial charge in [0.25, 0.3) is 0 Å². The van der Waals surface area contributed by atoms with E-state index in [1.807, 2.05) is 6.92 Å². The van der Waals surface area contributed by atoms with Crippen LogP contribution in [0.3, 0.4) is 0 Å². The third kappa shape index (κ3) is 4.13. The van der Waals surface area contributed by atoms with E-state index in [0.29, 0.717) is 6.54 Å². The number of rotatable bonds is 5. The first-order valence-corrected chi connectivity index (χ1v) is 9.96. The van der Waals surface area contributed by atoms with Crippen LogP contribution in [0.15, 0.2) is 0 Å². The molecule has 5 heteroatoms. The van der Waals surface area contributed by atoms with Gasteiger partial charge in [0.1, 0.15) is 0 Å². The zero-order valence-electron chi connectivity index (χ0n) is 14.4. The van der Waals surface area contributed by atoms with Crippen LogP contribution in [-0.2, 0) is 17.8 Å². The number of carbonyl (C=O) groups is 1. The third-order valence-corrected chi connectivity index (χ3v) is 6.32. The zero-order chi connectivity index (χ0) is 16.2. The molecule has 1 amide bonds. The average Bonchev–Trinajstić information content (AvgIpc) is 3.22. The monoisotopic (exact) mass is 335 g/mol. The Balaban J connectivity index is 1.53. The Hall–Kier alpha value is -0.940. The van der Waals surface area contributed by atoms with Crippen molar-refractivity contribution in [3.8, 4) is 0 Å². The number of nitrogens with one attached hydrogen (secondary N) is 1. The van der Waals surface area contributed by atoms with Gasteiger partial charge in [0.2, 0.25) is 5.91 Å². The van der Waals surface area contributed by atoms with E-state index in [2.05, 4.69) is 22.1 Å². The normalized spacial score (nSPS) is 23.3. The lowest BCUT2D eigenvalue weighted by Crippen LogP contribution is -2.46. The van der Waals surface area contributed by atoms with Gasteiger partial charge in [-0.3, -0.25) is 9.69 Å². The topological polar surface area (TPSA) is 45.2 Å². The summed E-state index contributed by atoms with van der Waals surface area (Å²) >= 11 is 1.71. The highest BCUT2D eigenvalue weighted by atomic mass is 32.1. The molecule has 0 radical (unpaired) electrons. The molecular formula is C18H29N3OS. The van der Waals surface area contributed by atoms with Crippen LogP contribution in [0.2, 0.25) is 0 Å². The Morgan fingerprint density at radius 1 is 1.30 bits per heavy atom. The Morgan fingerprint density at radius 3 is 2.83 bits per heavy atom. The average molecular weight is 336 g/mol. The molecule has 2 fully saturated rings. The van der Waals surface area contributed by atoms with Crippen molar-refractivity contribution in [2.24, 2.45) is 5.92 Å². The van der Waals surface area contributed by atoms with Crippen LogP contribution >= 0.6 is 11.3 Å². The summed E-state index contributed by atoms with van der Waals surface area (Å²) in [6.45, 7) is 6.95. The molecule has 1 unspecified atom stereocenters. The van der Waals surface area contributed by atoms with Gasteiger partial charge in [-0.1, -0.05) is 19.8 Å². The third-order valence-electron chi connectivity index (χ3n) is 5.31. The number of thiazole rings is 1. The minimum absolute atomic E-state index is 0.170. The van der Waals surface area contributed by atoms with Crippen LogP contribution < -0.4 is 5.32 Å². The van der Waals surface area contributed by atoms with Gasteiger partial charge in [-0.2, -0.15) is 0 Å². The van der Waals surface area contributed by atoms with E-state index in [-0.39, 0.29) is 11.8 Å². The number of amides is 1. The molecule has 0 bridgehead atoms. The largest absolute Gasteiger partial charge is 0.351 e. The van der Waals surface area contributed by atoms with Crippen LogP contribution in [-0.4, -0.2) is 34.9 Å². The summed E-state index contributed by atoms with van der Waals surface area (Å²) in [5.41, 5.74) is 1.14. The molecule has 4 nitrogen and oxygen atoms in total. The number of nitrogens with zero attached hydrogens (tertiary/aromatic N) is 2. The molecule has 3 rings (SSSR count). The Labute approximate surface area is 143 Å². The Bertz CT molecular complexity index is 536. The lowest BCUT2D eigenvalue weighted by atomic mass is 9.95. The fourth-order valence-corrected chi connectivity index (χ4v) is 5.02. The van der Waals surface area contributed by atoms with Crippen molar-refractivity contribution < 1.29 is 4.79 Å². The fraction of sp³-hybridized carbons (Fsp3) is 0.778. The van der Waals surface area contributed by atoms with E-state index in [1.54, 1.807) is 11.3 Å². The zero-order valence-corrected chi connectivity index (χ0v) is 15.3. The second-order valence-electron chi connectivity index (χ2n) is 6.95. The van der Waals surface area contributed by atoms with Gasteiger partial charge in [0.05, 0.1) is 23.2 Å². The molecule has 1 aliphatic carbocycles. The first kappa shape index (κ1) is 16.9. The summed E-state index contributed by atoms with van der Waals surface area (Å²) < 4.78 is 0. The maximum absolute atomic E-state index is 12.6. The maximum Gasteiger partial charge on any atom is 0.224 e.